The number of nitrogens with zero attached hydrogens (tertiary/aromatic N) is 1. The maximum absolute atomic E-state index is 11.6. The Morgan fingerprint density at radius 1 is 1.21 bits per heavy atom. The first-order chi connectivity index (χ1) is 11.1. The third kappa shape index (κ3) is 4.67. The van der Waals surface area contributed by atoms with Gasteiger partial charge in [-0.25, -0.2) is 8.42 Å². The summed E-state index contributed by atoms with van der Waals surface area (Å²) in [6, 6.07) is 10.7. The number of hydrogen-bond donors (Lipinski definition) is 2. The smallest absolute Gasteiger partial charge is 0.229 e. The van der Waals surface area contributed by atoms with E-state index in [2.05, 4.69) is 4.72 Å². The lowest BCUT2D eigenvalue weighted by molar-refractivity contribution is -0.198. The van der Waals surface area contributed by atoms with Gasteiger partial charge in [0, 0.05) is 17.5 Å². The van der Waals surface area contributed by atoms with Gasteiger partial charge in [-0.1, -0.05) is 30.3 Å². The Balaban J connectivity index is 2.49. The maximum atomic E-state index is 11.6. The van der Waals surface area contributed by atoms with E-state index in [-0.39, 0.29) is 0 Å². The van der Waals surface area contributed by atoms with Crippen molar-refractivity contribution in [2.45, 2.75) is 12.7 Å². The topological polar surface area (TPSA) is 78.9 Å². The highest BCUT2D eigenvalue weighted by Gasteiger charge is 2.27. The molecule has 132 valence electrons. The average molecular weight is 352 g/mol. The van der Waals surface area contributed by atoms with Crippen LogP contribution in [-0.2, 0) is 20.5 Å². The predicted molar refractivity (Wildman–Crippen MR) is 96.5 cm³/mol. The number of sulfonamides is 1. The largest absolute Gasteiger partial charge is 0.362 e. The maximum Gasteiger partial charge on any atom is 0.229 e. The molecule has 0 heterocycles. The Morgan fingerprint density at radius 3 is 2.42 bits per heavy atom. The lowest BCUT2D eigenvalue weighted by atomic mass is 9.97. The average Bonchev–Trinajstić information content (AvgIpc) is 2.44. The summed E-state index contributed by atoms with van der Waals surface area (Å²) in [6.45, 7) is 2.57. The fourth-order valence-electron chi connectivity index (χ4n) is 2.52. The standard InChI is InChI=1S/C17H24N2O4S/c1-17(20,23-12-11-19(2)3)14-9-5-7-13-8-6-10-15(16(13)14)18-24(4,21)22/h5-10,18,20H,11-12H2,1-4H3. The molecule has 0 saturated carbocycles. The minimum Gasteiger partial charge on any atom is -0.362 e. The molecule has 0 bridgehead atoms. The van der Waals surface area contributed by atoms with Gasteiger partial charge in [0.2, 0.25) is 10.0 Å². The van der Waals surface area contributed by atoms with Crippen LogP contribution in [0.2, 0.25) is 0 Å². The second-order valence-corrected chi connectivity index (χ2v) is 7.97. The zero-order valence-corrected chi connectivity index (χ0v) is 15.2. The molecule has 0 aliphatic carbocycles. The van der Waals surface area contributed by atoms with Crippen molar-refractivity contribution in [1.29, 1.82) is 0 Å². The van der Waals surface area contributed by atoms with Crippen LogP contribution in [0.25, 0.3) is 10.8 Å². The van der Waals surface area contributed by atoms with Gasteiger partial charge in [-0.15, -0.1) is 0 Å². The van der Waals surface area contributed by atoms with Gasteiger partial charge in [0.1, 0.15) is 0 Å². The first kappa shape index (κ1) is 18.7. The van der Waals surface area contributed by atoms with E-state index in [1.165, 1.54) is 0 Å². The zero-order chi connectivity index (χ0) is 18.0. The van der Waals surface area contributed by atoms with Crippen LogP contribution in [0.4, 0.5) is 5.69 Å². The van der Waals surface area contributed by atoms with Gasteiger partial charge in [0.15, 0.2) is 5.79 Å². The normalized spacial score (nSPS) is 14.8. The molecule has 1 atom stereocenters. The quantitative estimate of drug-likeness (QED) is 0.745. The van der Waals surface area contributed by atoms with Gasteiger partial charge in [0.25, 0.3) is 0 Å². The summed E-state index contributed by atoms with van der Waals surface area (Å²) in [7, 11) is 0.403. The molecule has 2 aromatic carbocycles. The minimum absolute atomic E-state index is 0.345. The van der Waals surface area contributed by atoms with Crippen LogP contribution in [0.3, 0.4) is 0 Å². The number of hydrogen-bond acceptors (Lipinski definition) is 5. The Labute approximate surface area is 143 Å². The lowest BCUT2D eigenvalue weighted by Gasteiger charge is -2.27. The summed E-state index contributed by atoms with van der Waals surface area (Å²) in [6.07, 6.45) is 1.10. The number of fused-ring (bicyclic) bond motifs is 1. The minimum atomic E-state index is -3.44. The molecule has 2 rings (SSSR count). The molecular formula is C17H24N2O4S. The predicted octanol–water partition coefficient (Wildman–Crippen LogP) is 1.95. The molecule has 0 amide bonds. The van der Waals surface area contributed by atoms with Crippen LogP contribution in [0.15, 0.2) is 36.4 Å². The Morgan fingerprint density at radius 2 is 1.83 bits per heavy atom. The molecule has 1 unspecified atom stereocenters. The first-order valence-corrected chi connectivity index (χ1v) is 9.50. The SMILES string of the molecule is CN(C)CCOC(C)(O)c1cccc2cccc(NS(C)(=O)=O)c12. The van der Waals surface area contributed by atoms with Crippen LogP contribution in [0, 0.1) is 0 Å². The van der Waals surface area contributed by atoms with Crippen molar-refractivity contribution in [3.63, 3.8) is 0 Å². The van der Waals surface area contributed by atoms with Gasteiger partial charge in [-0.3, -0.25) is 4.72 Å². The molecule has 6 nitrogen and oxygen atoms in total. The number of nitrogens with one attached hydrogen (secondary N) is 1. The lowest BCUT2D eigenvalue weighted by Crippen LogP contribution is -2.30. The highest BCUT2D eigenvalue weighted by atomic mass is 32.2. The van der Waals surface area contributed by atoms with Crippen molar-refractivity contribution in [2.24, 2.45) is 0 Å². The number of likely N-dealkylation sites (N-methyl/N-ethyl adjacent to an activating group) is 1. The second kappa shape index (κ2) is 7.06. The van der Waals surface area contributed by atoms with Crippen LogP contribution < -0.4 is 4.72 Å². The van der Waals surface area contributed by atoms with E-state index < -0.39 is 15.8 Å². The van der Waals surface area contributed by atoms with Gasteiger partial charge in [0.05, 0.1) is 18.6 Å². The molecule has 0 spiro atoms. The number of anilines is 1. The summed E-state index contributed by atoms with van der Waals surface area (Å²) >= 11 is 0. The molecule has 7 heteroatoms. The monoisotopic (exact) mass is 352 g/mol. The fourth-order valence-corrected chi connectivity index (χ4v) is 3.09. The number of benzene rings is 2. The number of ether oxygens (including phenoxy) is 1. The first-order valence-electron chi connectivity index (χ1n) is 7.61. The molecule has 24 heavy (non-hydrogen) atoms. The van der Waals surface area contributed by atoms with Gasteiger partial charge < -0.3 is 14.7 Å². The third-order valence-corrected chi connectivity index (χ3v) is 4.21. The van der Waals surface area contributed by atoms with Crippen molar-refractivity contribution in [3.8, 4) is 0 Å². The van der Waals surface area contributed by atoms with Crippen molar-refractivity contribution in [3.05, 3.63) is 42.0 Å². The molecule has 0 fully saturated rings. The van der Waals surface area contributed by atoms with E-state index in [1.807, 2.05) is 37.2 Å². The molecule has 2 N–H and O–H groups in total. The van der Waals surface area contributed by atoms with Gasteiger partial charge >= 0.3 is 0 Å². The van der Waals surface area contributed by atoms with E-state index >= 15 is 0 Å². The summed E-state index contributed by atoms with van der Waals surface area (Å²) in [5, 5.41) is 12.2. The van der Waals surface area contributed by atoms with Gasteiger partial charge in [-0.2, -0.15) is 0 Å². The van der Waals surface area contributed by atoms with Crippen molar-refractivity contribution >= 4 is 26.5 Å². The number of aliphatic hydroxyl groups is 1. The Hall–Kier alpha value is -1.67. The van der Waals surface area contributed by atoms with E-state index in [0.717, 1.165) is 11.6 Å². The fraction of sp³-hybridized carbons (Fsp3) is 0.412. The molecule has 0 radical (unpaired) electrons. The Bertz CT molecular complexity index is 811. The van der Waals surface area contributed by atoms with Crippen molar-refractivity contribution in [2.75, 3.05) is 38.2 Å². The molecule has 2 aromatic rings. The molecule has 0 aromatic heterocycles. The van der Waals surface area contributed by atoms with Gasteiger partial charge in [-0.05, 0) is 32.5 Å². The summed E-state index contributed by atoms with van der Waals surface area (Å²) in [5.41, 5.74) is 0.938. The molecule has 0 aliphatic heterocycles. The highest BCUT2D eigenvalue weighted by Crippen LogP contribution is 2.34. The molecular weight excluding hydrogens is 328 g/mol. The summed E-state index contributed by atoms with van der Waals surface area (Å²) < 4.78 is 31.4. The third-order valence-electron chi connectivity index (χ3n) is 3.62. The molecule has 0 saturated heterocycles. The van der Waals surface area contributed by atoms with Crippen molar-refractivity contribution < 1.29 is 18.3 Å². The van der Waals surface area contributed by atoms with Crippen LogP contribution in [-0.4, -0.2) is 51.9 Å². The molecule has 0 aliphatic rings. The Kier molecular flexibility index (Phi) is 5.49. The van der Waals surface area contributed by atoms with E-state index in [4.69, 9.17) is 4.74 Å². The second-order valence-electron chi connectivity index (χ2n) is 6.22. The van der Waals surface area contributed by atoms with Crippen LogP contribution in [0.1, 0.15) is 12.5 Å². The zero-order valence-electron chi connectivity index (χ0n) is 14.4. The van der Waals surface area contributed by atoms with Crippen LogP contribution >= 0.6 is 0 Å². The van der Waals surface area contributed by atoms with Crippen LogP contribution in [0.5, 0.6) is 0 Å². The van der Waals surface area contributed by atoms with E-state index in [0.29, 0.717) is 29.8 Å². The highest BCUT2D eigenvalue weighted by molar-refractivity contribution is 7.92. The summed E-state index contributed by atoms with van der Waals surface area (Å²) in [4.78, 5) is 1.95. The summed E-state index contributed by atoms with van der Waals surface area (Å²) in [5.74, 6) is -1.54. The van der Waals surface area contributed by atoms with E-state index in [1.54, 1.807) is 25.1 Å². The van der Waals surface area contributed by atoms with E-state index in [9.17, 15) is 13.5 Å². The number of rotatable bonds is 7. The van der Waals surface area contributed by atoms with Crippen molar-refractivity contribution in [1.82, 2.24) is 4.90 Å².